The van der Waals surface area contributed by atoms with Crippen molar-refractivity contribution in [3.05, 3.63) is 89.3 Å². The van der Waals surface area contributed by atoms with Gasteiger partial charge < -0.3 is 14.8 Å². The zero-order valence-electron chi connectivity index (χ0n) is 17.6. The number of benzene rings is 3. The first kappa shape index (κ1) is 25.2. The van der Waals surface area contributed by atoms with Crippen LogP contribution in [0.25, 0.3) is 6.08 Å². The minimum absolute atomic E-state index is 0.218. The van der Waals surface area contributed by atoms with E-state index in [0.717, 1.165) is 14.7 Å². The molecule has 174 valence electrons. The number of aliphatic imine (C=N–C) groups is 1. The normalized spacial score (nSPS) is 15.6. The van der Waals surface area contributed by atoms with Gasteiger partial charge in [0.25, 0.3) is 5.91 Å². The lowest BCUT2D eigenvalue weighted by Crippen LogP contribution is -2.19. The SMILES string of the molecule is COc1cc(/C=C2\SC(=Nc3ccc(Cl)cc3)NC2=O)cc(I)c1OCc1ccc(Cl)cc1Cl. The molecule has 1 saturated heterocycles. The molecule has 0 aliphatic carbocycles. The number of hydrogen-bond donors (Lipinski definition) is 1. The van der Waals surface area contributed by atoms with Gasteiger partial charge in [-0.1, -0.05) is 40.9 Å². The number of nitrogens with one attached hydrogen (secondary N) is 1. The molecule has 0 aromatic heterocycles. The number of hydrogen-bond acceptors (Lipinski definition) is 5. The lowest BCUT2D eigenvalue weighted by molar-refractivity contribution is -0.115. The van der Waals surface area contributed by atoms with Crippen molar-refractivity contribution < 1.29 is 14.3 Å². The second kappa shape index (κ2) is 11.2. The molecule has 1 aliphatic heterocycles. The maximum Gasteiger partial charge on any atom is 0.264 e. The molecule has 0 bridgehead atoms. The van der Waals surface area contributed by atoms with Crippen molar-refractivity contribution in [3.8, 4) is 11.5 Å². The molecule has 0 radical (unpaired) electrons. The quantitative estimate of drug-likeness (QED) is 0.220. The number of ether oxygens (including phenoxy) is 2. The first-order valence-corrected chi connectivity index (χ1v) is 12.8. The van der Waals surface area contributed by atoms with E-state index < -0.39 is 0 Å². The minimum Gasteiger partial charge on any atom is -0.493 e. The molecule has 1 aliphatic rings. The van der Waals surface area contributed by atoms with E-state index in [1.165, 1.54) is 11.8 Å². The monoisotopic (exact) mass is 644 g/mol. The van der Waals surface area contributed by atoms with E-state index in [4.69, 9.17) is 44.3 Å². The molecule has 1 N–H and O–H groups in total. The number of amidine groups is 1. The highest BCUT2D eigenvalue weighted by Crippen LogP contribution is 2.37. The number of thioether (sulfide) groups is 1. The van der Waals surface area contributed by atoms with E-state index in [1.54, 1.807) is 49.6 Å². The molecule has 5 nitrogen and oxygen atoms in total. The van der Waals surface area contributed by atoms with E-state index in [-0.39, 0.29) is 12.5 Å². The molecule has 1 heterocycles. The lowest BCUT2D eigenvalue weighted by Gasteiger charge is -2.14. The maximum absolute atomic E-state index is 12.5. The highest BCUT2D eigenvalue weighted by molar-refractivity contribution is 14.1. The Bertz CT molecular complexity index is 1310. The summed E-state index contributed by atoms with van der Waals surface area (Å²) in [7, 11) is 1.57. The highest BCUT2D eigenvalue weighted by Gasteiger charge is 2.24. The van der Waals surface area contributed by atoms with Crippen LogP contribution in [-0.2, 0) is 11.4 Å². The van der Waals surface area contributed by atoms with E-state index >= 15 is 0 Å². The number of amides is 1. The summed E-state index contributed by atoms with van der Waals surface area (Å²) in [6.45, 7) is 0.256. The molecule has 0 unspecified atom stereocenters. The Kier molecular flexibility index (Phi) is 8.31. The Balaban J connectivity index is 1.53. The minimum atomic E-state index is -0.218. The smallest absolute Gasteiger partial charge is 0.264 e. The topological polar surface area (TPSA) is 59.9 Å². The van der Waals surface area contributed by atoms with E-state index in [9.17, 15) is 4.79 Å². The number of rotatable bonds is 6. The molecule has 10 heteroatoms. The van der Waals surface area contributed by atoms with Gasteiger partial charge in [0.15, 0.2) is 16.7 Å². The molecule has 4 rings (SSSR count). The summed E-state index contributed by atoms with van der Waals surface area (Å²) < 4.78 is 12.4. The van der Waals surface area contributed by atoms with Crippen LogP contribution in [0.15, 0.2) is 64.5 Å². The first-order chi connectivity index (χ1) is 16.3. The van der Waals surface area contributed by atoms with Crippen molar-refractivity contribution in [3.63, 3.8) is 0 Å². The van der Waals surface area contributed by atoms with Gasteiger partial charge in [0.05, 0.1) is 21.3 Å². The second-order valence-electron chi connectivity index (χ2n) is 7.02. The van der Waals surface area contributed by atoms with Crippen molar-refractivity contribution in [1.29, 1.82) is 0 Å². The van der Waals surface area contributed by atoms with Gasteiger partial charge >= 0.3 is 0 Å². The van der Waals surface area contributed by atoms with Crippen LogP contribution in [-0.4, -0.2) is 18.2 Å². The van der Waals surface area contributed by atoms with Crippen molar-refractivity contribution in [2.75, 3.05) is 7.11 Å². The van der Waals surface area contributed by atoms with Gasteiger partial charge in [0, 0.05) is 20.6 Å². The zero-order chi connectivity index (χ0) is 24.2. The fourth-order valence-corrected chi connectivity index (χ4v) is 5.23. The second-order valence-corrected chi connectivity index (χ2v) is 10.5. The Morgan fingerprint density at radius 1 is 1.06 bits per heavy atom. The van der Waals surface area contributed by atoms with Crippen molar-refractivity contribution in [2.45, 2.75) is 6.61 Å². The van der Waals surface area contributed by atoms with Gasteiger partial charge in [-0.05, 0) is 94.5 Å². The summed E-state index contributed by atoms with van der Waals surface area (Å²) >= 11 is 21.6. The van der Waals surface area contributed by atoms with Crippen LogP contribution in [0.3, 0.4) is 0 Å². The van der Waals surface area contributed by atoms with Gasteiger partial charge in [-0.25, -0.2) is 4.99 Å². The Morgan fingerprint density at radius 3 is 2.50 bits per heavy atom. The van der Waals surface area contributed by atoms with E-state index in [0.29, 0.717) is 42.3 Å². The molecule has 34 heavy (non-hydrogen) atoms. The van der Waals surface area contributed by atoms with Crippen LogP contribution in [0.2, 0.25) is 15.1 Å². The molecule has 1 fully saturated rings. The van der Waals surface area contributed by atoms with Gasteiger partial charge in [0.2, 0.25) is 0 Å². The number of carbonyl (C=O) groups excluding carboxylic acids is 1. The fourth-order valence-electron chi connectivity index (χ4n) is 3.02. The standard InChI is InChI=1S/C24H16Cl3IN2O3S/c1-32-20-9-13(8-19(28)22(20)33-12-14-2-3-16(26)11-18(14)27)10-21-23(31)30-24(34-21)29-17-6-4-15(25)5-7-17/h2-11H,12H2,1H3,(H,29,30,31)/b21-10-. The molecule has 0 spiro atoms. The molecule has 0 atom stereocenters. The predicted molar refractivity (Wildman–Crippen MR) is 149 cm³/mol. The van der Waals surface area contributed by atoms with Gasteiger partial charge in [-0.2, -0.15) is 0 Å². The lowest BCUT2D eigenvalue weighted by atomic mass is 10.2. The Labute approximate surface area is 229 Å². The summed E-state index contributed by atoms with van der Waals surface area (Å²) in [5, 5.41) is 5.00. The third-order valence-electron chi connectivity index (χ3n) is 4.64. The Morgan fingerprint density at radius 2 is 1.79 bits per heavy atom. The van der Waals surface area contributed by atoms with Crippen molar-refractivity contribution in [2.24, 2.45) is 4.99 Å². The van der Waals surface area contributed by atoms with Gasteiger partial charge in [0.1, 0.15) is 6.61 Å². The molecule has 3 aromatic carbocycles. The zero-order valence-corrected chi connectivity index (χ0v) is 22.8. The molecule has 0 saturated carbocycles. The van der Waals surface area contributed by atoms with Crippen LogP contribution in [0.4, 0.5) is 5.69 Å². The summed E-state index contributed by atoms with van der Waals surface area (Å²) in [6, 6.07) is 16.1. The van der Waals surface area contributed by atoms with Crippen LogP contribution in [0.1, 0.15) is 11.1 Å². The summed E-state index contributed by atoms with van der Waals surface area (Å²) in [4.78, 5) is 17.4. The molecule has 1 amide bonds. The molecule has 3 aromatic rings. The predicted octanol–water partition coefficient (Wildman–Crippen LogP) is 7.73. The first-order valence-electron chi connectivity index (χ1n) is 9.82. The summed E-state index contributed by atoms with van der Waals surface area (Å²) in [5.41, 5.74) is 2.30. The third kappa shape index (κ3) is 6.20. The summed E-state index contributed by atoms with van der Waals surface area (Å²) in [5.74, 6) is 0.913. The third-order valence-corrected chi connectivity index (χ3v) is 7.19. The largest absolute Gasteiger partial charge is 0.493 e. The number of nitrogens with zero attached hydrogens (tertiary/aromatic N) is 1. The molecular weight excluding hydrogens is 630 g/mol. The van der Waals surface area contributed by atoms with Crippen LogP contribution in [0, 0.1) is 3.57 Å². The van der Waals surface area contributed by atoms with Crippen molar-refractivity contribution in [1.82, 2.24) is 5.32 Å². The van der Waals surface area contributed by atoms with Gasteiger partial charge in [-0.15, -0.1) is 0 Å². The highest BCUT2D eigenvalue weighted by atomic mass is 127. The maximum atomic E-state index is 12.5. The average molecular weight is 646 g/mol. The van der Waals surface area contributed by atoms with Crippen LogP contribution >= 0.6 is 69.2 Å². The van der Waals surface area contributed by atoms with Crippen LogP contribution < -0.4 is 14.8 Å². The van der Waals surface area contributed by atoms with Crippen molar-refractivity contribution >= 4 is 92.0 Å². The number of halogens is 4. The van der Waals surface area contributed by atoms with Crippen LogP contribution in [0.5, 0.6) is 11.5 Å². The molecular formula is C24H16Cl3IN2O3S. The number of methoxy groups -OCH3 is 1. The fraction of sp³-hybridized carbons (Fsp3) is 0.0833. The number of carbonyl (C=O) groups is 1. The van der Waals surface area contributed by atoms with E-state index in [1.807, 2.05) is 18.2 Å². The van der Waals surface area contributed by atoms with Gasteiger partial charge in [-0.3, -0.25) is 4.79 Å². The average Bonchev–Trinajstić information content (AvgIpc) is 3.13. The van der Waals surface area contributed by atoms with E-state index in [2.05, 4.69) is 32.9 Å². The summed E-state index contributed by atoms with van der Waals surface area (Å²) in [6.07, 6.45) is 1.79. The Hall–Kier alpha value is -1.91.